The maximum Gasteiger partial charge on any atom is 0.251 e. The van der Waals surface area contributed by atoms with Crippen molar-refractivity contribution in [2.75, 3.05) is 31.9 Å². The van der Waals surface area contributed by atoms with E-state index in [1.54, 1.807) is 6.07 Å². The van der Waals surface area contributed by atoms with Gasteiger partial charge in [-0.15, -0.1) is 0 Å². The molecule has 0 radical (unpaired) electrons. The van der Waals surface area contributed by atoms with Crippen LogP contribution in [-0.2, 0) is 0 Å². The summed E-state index contributed by atoms with van der Waals surface area (Å²) in [7, 11) is 0. The quantitative estimate of drug-likeness (QED) is 0.740. The monoisotopic (exact) mass is 263 g/mol. The second kappa shape index (κ2) is 7.79. The molecule has 0 heterocycles. The zero-order valence-electron chi connectivity index (χ0n) is 12.2. The minimum Gasteiger partial charge on any atom is -0.399 e. The third kappa shape index (κ3) is 5.30. The van der Waals surface area contributed by atoms with E-state index in [1.807, 2.05) is 19.1 Å². The Bertz CT molecular complexity index is 398. The summed E-state index contributed by atoms with van der Waals surface area (Å²) in [6.45, 7) is 9.88. The van der Waals surface area contributed by atoms with Crippen molar-refractivity contribution in [1.29, 1.82) is 0 Å². The van der Waals surface area contributed by atoms with Crippen LogP contribution in [0.3, 0.4) is 0 Å². The number of nitrogens with zero attached hydrogens (tertiary/aromatic N) is 1. The van der Waals surface area contributed by atoms with E-state index in [0.717, 1.165) is 31.6 Å². The Morgan fingerprint density at radius 3 is 2.58 bits per heavy atom. The van der Waals surface area contributed by atoms with Crippen LogP contribution < -0.4 is 11.1 Å². The SMILES string of the molecule is CCCN(CC)CCNC(=O)c1cc(C)cc(N)c1. The number of hydrogen-bond donors (Lipinski definition) is 2. The zero-order valence-corrected chi connectivity index (χ0v) is 12.2. The Hall–Kier alpha value is -1.55. The molecule has 0 aliphatic heterocycles. The summed E-state index contributed by atoms with van der Waals surface area (Å²) >= 11 is 0. The van der Waals surface area contributed by atoms with Crippen LogP contribution in [0.2, 0.25) is 0 Å². The molecule has 0 bridgehead atoms. The first-order valence-electron chi connectivity index (χ1n) is 6.94. The number of likely N-dealkylation sites (N-methyl/N-ethyl adjacent to an activating group) is 1. The molecule has 1 aromatic carbocycles. The van der Waals surface area contributed by atoms with Crippen LogP contribution in [0.5, 0.6) is 0 Å². The number of carbonyl (C=O) groups excluding carboxylic acids is 1. The van der Waals surface area contributed by atoms with Crippen LogP contribution in [0.25, 0.3) is 0 Å². The smallest absolute Gasteiger partial charge is 0.251 e. The van der Waals surface area contributed by atoms with Gasteiger partial charge < -0.3 is 16.0 Å². The molecule has 106 valence electrons. The van der Waals surface area contributed by atoms with E-state index in [2.05, 4.69) is 24.1 Å². The zero-order chi connectivity index (χ0) is 14.3. The minimum absolute atomic E-state index is 0.0528. The normalized spacial score (nSPS) is 10.7. The van der Waals surface area contributed by atoms with Gasteiger partial charge in [-0.05, 0) is 50.2 Å². The van der Waals surface area contributed by atoms with Gasteiger partial charge in [-0.25, -0.2) is 0 Å². The van der Waals surface area contributed by atoms with Gasteiger partial charge in [0, 0.05) is 24.3 Å². The summed E-state index contributed by atoms with van der Waals surface area (Å²) in [5, 5.41) is 2.94. The second-order valence-electron chi connectivity index (χ2n) is 4.82. The van der Waals surface area contributed by atoms with E-state index in [4.69, 9.17) is 5.73 Å². The predicted molar refractivity (Wildman–Crippen MR) is 80.3 cm³/mol. The Labute approximate surface area is 116 Å². The van der Waals surface area contributed by atoms with Crippen molar-refractivity contribution in [3.8, 4) is 0 Å². The molecule has 0 fully saturated rings. The first kappa shape index (κ1) is 15.5. The summed E-state index contributed by atoms with van der Waals surface area (Å²) < 4.78 is 0. The summed E-state index contributed by atoms with van der Waals surface area (Å²) in [4.78, 5) is 14.3. The van der Waals surface area contributed by atoms with Gasteiger partial charge in [-0.1, -0.05) is 13.8 Å². The molecule has 3 N–H and O–H groups in total. The van der Waals surface area contributed by atoms with Crippen molar-refractivity contribution in [2.45, 2.75) is 27.2 Å². The molecule has 4 nitrogen and oxygen atoms in total. The lowest BCUT2D eigenvalue weighted by molar-refractivity contribution is 0.0948. The summed E-state index contributed by atoms with van der Waals surface area (Å²) in [6.07, 6.45) is 1.14. The Morgan fingerprint density at radius 2 is 2.00 bits per heavy atom. The molecule has 0 aromatic heterocycles. The molecule has 1 aromatic rings. The van der Waals surface area contributed by atoms with Gasteiger partial charge in [0.25, 0.3) is 5.91 Å². The number of nitrogens with two attached hydrogens (primary N) is 1. The van der Waals surface area contributed by atoms with Gasteiger partial charge in [0.1, 0.15) is 0 Å². The number of anilines is 1. The number of benzene rings is 1. The lowest BCUT2D eigenvalue weighted by Gasteiger charge is -2.19. The van der Waals surface area contributed by atoms with Gasteiger partial charge in [-0.2, -0.15) is 0 Å². The third-order valence-electron chi connectivity index (χ3n) is 3.06. The molecular formula is C15H25N3O. The van der Waals surface area contributed by atoms with Gasteiger partial charge >= 0.3 is 0 Å². The number of hydrogen-bond acceptors (Lipinski definition) is 3. The maximum atomic E-state index is 12.0. The highest BCUT2D eigenvalue weighted by molar-refractivity contribution is 5.95. The van der Waals surface area contributed by atoms with Crippen LogP contribution in [-0.4, -0.2) is 37.0 Å². The van der Waals surface area contributed by atoms with E-state index in [-0.39, 0.29) is 5.91 Å². The van der Waals surface area contributed by atoms with Crippen molar-refractivity contribution in [1.82, 2.24) is 10.2 Å². The molecule has 0 unspecified atom stereocenters. The molecular weight excluding hydrogens is 238 g/mol. The average molecular weight is 263 g/mol. The van der Waals surface area contributed by atoms with Crippen molar-refractivity contribution >= 4 is 11.6 Å². The average Bonchev–Trinajstić information content (AvgIpc) is 2.36. The van der Waals surface area contributed by atoms with Crippen molar-refractivity contribution in [3.63, 3.8) is 0 Å². The lowest BCUT2D eigenvalue weighted by Crippen LogP contribution is -2.35. The largest absolute Gasteiger partial charge is 0.399 e. The number of nitrogens with one attached hydrogen (secondary N) is 1. The van der Waals surface area contributed by atoms with Gasteiger partial charge in [0.2, 0.25) is 0 Å². The standard InChI is InChI=1S/C15H25N3O/c1-4-7-18(5-2)8-6-17-15(19)13-9-12(3)10-14(16)11-13/h9-11H,4-8,16H2,1-3H3,(H,17,19). The van der Waals surface area contributed by atoms with E-state index >= 15 is 0 Å². The minimum atomic E-state index is -0.0528. The summed E-state index contributed by atoms with van der Waals surface area (Å²) in [6, 6.07) is 5.43. The van der Waals surface area contributed by atoms with Crippen molar-refractivity contribution in [3.05, 3.63) is 29.3 Å². The topological polar surface area (TPSA) is 58.4 Å². The molecule has 0 atom stereocenters. The second-order valence-corrected chi connectivity index (χ2v) is 4.82. The lowest BCUT2D eigenvalue weighted by atomic mass is 10.1. The Balaban J connectivity index is 2.46. The fraction of sp³-hybridized carbons (Fsp3) is 0.533. The highest BCUT2D eigenvalue weighted by atomic mass is 16.1. The van der Waals surface area contributed by atoms with Gasteiger partial charge in [0.05, 0.1) is 0 Å². The predicted octanol–water partition coefficient (Wildman–Crippen LogP) is 2.04. The van der Waals surface area contributed by atoms with Crippen LogP contribution in [0, 0.1) is 6.92 Å². The highest BCUT2D eigenvalue weighted by Crippen LogP contribution is 2.10. The van der Waals surface area contributed by atoms with E-state index in [0.29, 0.717) is 17.8 Å². The van der Waals surface area contributed by atoms with Gasteiger partial charge in [-0.3, -0.25) is 4.79 Å². The molecule has 0 aliphatic carbocycles. The van der Waals surface area contributed by atoms with Crippen molar-refractivity contribution < 1.29 is 4.79 Å². The number of carbonyl (C=O) groups is 1. The number of amides is 1. The fourth-order valence-corrected chi connectivity index (χ4v) is 2.12. The van der Waals surface area contributed by atoms with Crippen molar-refractivity contribution in [2.24, 2.45) is 0 Å². The molecule has 0 saturated heterocycles. The molecule has 0 saturated carbocycles. The molecule has 0 spiro atoms. The van der Waals surface area contributed by atoms with Crippen LogP contribution in [0.15, 0.2) is 18.2 Å². The number of rotatable bonds is 7. The van der Waals surface area contributed by atoms with Crippen LogP contribution in [0.4, 0.5) is 5.69 Å². The first-order chi connectivity index (χ1) is 9.06. The first-order valence-corrected chi connectivity index (χ1v) is 6.94. The maximum absolute atomic E-state index is 12.0. The fourth-order valence-electron chi connectivity index (χ4n) is 2.12. The summed E-state index contributed by atoms with van der Waals surface area (Å²) in [5.74, 6) is -0.0528. The van der Waals surface area contributed by atoms with Gasteiger partial charge in [0.15, 0.2) is 0 Å². The molecule has 4 heteroatoms. The molecule has 19 heavy (non-hydrogen) atoms. The number of nitrogen functional groups attached to an aromatic ring is 1. The highest BCUT2D eigenvalue weighted by Gasteiger charge is 2.07. The van der Waals surface area contributed by atoms with Crippen LogP contribution >= 0.6 is 0 Å². The Morgan fingerprint density at radius 1 is 1.26 bits per heavy atom. The molecule has 1 amide bonds. The number of aryl methyl sites for hydroxylation is 1. The van der Waals surface area contributed by atoms with E-state index < -0.39 is 0 Å². The third-order valence-corrected chi connectivity index (χ3v) is 3.06. The van der Waals surface area contributed by atoms with E-state index in [1.165, 1.54) is 0 Å². The van der Waals surface area contributed by atoms with E-state index in [9.17, 15) is 4.79 Å². The Kier molecular flexibility index (Phi) is 6.36. The van der Waals surface area contributed by atoms with Crippen LogP contribution in [0.1, 0.15) is 36.2 Å². The molecule has 1 rings (SSSR count). The molecule has 0 aliphatic rings. The summed E-state index contributed by atoms with van der Waals surface area (Å²) in [5.41, 5.74) is 8.02.